The lowest BCUT2D eigenvalue weighted by Gasteiger charge is -2.36. The zero-order valence-electron chi connectivity index (χ0n) is 11.4. The molecular formula is C14H28N2O. The monoisotopic (exact) mass is 240 g/mol. The molecule has 17 heavy (non-hydrogen) atoms. The van der Waals surface area contributed by atoms with Crippen LogP contribution >= 0.6 is 0 Å². The van der Waals surface area contributed by atoms with Crippen LogP contribution in [-0.4, -0.2) is 48.8 Å². The summed E-state index contributed by atoms with van der Waals surface area (Å²) in [6.45, 7) is 5.17. The fraction of sp³-hybridized carbons (Fsp3) is 1.00. The first kappa shape index (κ1) is 13.3. The van der Waals surface area contributed by atoms with Crippen molar-refractivity contribution in [3.63, 3.8) is 0 Å². The Bertz CT molecular complexity index is 234. The van der Waals surface area contributed by atoms with Gasteiger partial charge in [0.15, 0.2) is 0 Å². The van der Waals surface area contributed by atoms with Gasteiger partial charge in [-0.1, -0.05) is 6.42 Å². The zero-order valence-corrected chi connectivity index (χ0v) is 11.4. The lowest BCUT2D eigenvalue weighted by Crippen LogP contribution is -2.48. The maximum absolute atomic E-state index is 9.35. The molecule has 1 saturated carbocycles. The SMILES string of the molecule is CC(NC1CCCC1CO)C1CCCN(C)C1. The van der Waals surface area contributed by atoms with E-state index < -0.39 is 0 Å². The van der Waals surface area contributed by atoms with Gasteiger partial charge >= 0.3 is 0 Å². The third-order valence-corrected chi connectivity index (χ3v) is 4.74. The Balaban J connectivity index is 1.81. The van der Waals surface area contributed by atoms with Crippen LogP contribution in [0.2, 0.25) is 0 Å². The molecule has 3 heteroatoms. The van der Waals surface area contributed by atoms with Crippen LogP contribution in [0.15, 0.2) is 0 Å². The first-order chi connectivity index (χ1) is 8.20. The molecule has 0 radical (unpaired) electrons. The minimum absolute atomic E-state index is 0.356. The molecule has 4 atom stereocenters. The van der Waals surface area contributed by atoms with Crippen LogP contribution in [0.1, 0.15) is 39.0 Å². The number of aliphatic hydroxyl groups excluding tert-OH is 1. The highest BCUT2D eigenvalue weighted by Gasteiger charge is 2.30. The number of likely N-dealkylation sites (tertiary alicyclic amines) is 1. The number of hydrogen-bond acceptors (Lipinski definition) is 3. The van der Waals surface area contributed by atoms with E-state index in [-0.39, 0.29) is 0 Å². The van der Waals surface area contributed by atoms with Gasteiger partial charge in [-0.05, 0) is 58.0 Å². The Morgan fingerprint density at radius 1 is 1.29 bits per heavy atom. The number of nitrogens with one attached hydrogen (secondary N) is 1. The first-order valence-electron chi connectivity index (χ1n) is 7.26. The molecular weight excluding hydrogens is 212 g/mol. The Hall–Kier alpha value is -0.120. The summed E-state index contributed by atoms with van der Waals surface area (Å²) in [5, 5.41) is 13.1. The normalized spacial score (nSPS) is 37.2. The van der Waals surface area contributed by atoms with Crippen LogP contribution in [-0.2, 0) is 0 Å². The van der Waals surface area contributed by atoms with Gasteiger partial charge in [-0.3, -0.25) is 0 Å². The van der Waals surface area contributed by atoms with E-state index in [1.54, 1.807) is 0 Å². The molecule has 2 rings (SSSR count). The number of piperidine rings is 1. The van der Waals surface area contributed by atoms with Gasteiger partial charge in [0.1, 0.15) is 0 Å². The molecule has 100 valence electrons. The van der Waals surface area contributed by atoms with Crippen LogP contribution in [0.3, 0.4) is 0 Å². The summed E-state index contributed by atoms with van der Waals surface area (Å²) in [6.07, 6.45) is 6.42. The zero-order chi connectivity index (χ0) is 12.3. The maximum Gasteiger partial charge on any atom is 0.0474 e. The van der Waals surface area contributed by atoms with Gasteiger partial charge in [0.2, 0.25) is 0 Å². The highest BCUT2D eigenvalue weighted by atomic mass is 16.3. The molecule has 1 heterocycles. The standard InChI is InChI=1S/C14H28N2O/c1-11(12-6-4-8-16(2)9-12)15-14-7-3-5-13(14)10-17/h11-15,17H,3-10H2,1-2H3. The van der Waals surface area contributed by atoms with Crippen molar-refractivity contribution in [2.75, 3.05) is 26.7 Å². The van der Waals surface area contributed by atoms with Gasteiger partial charge in [0, 0.05) is 25.2 Å². The second-order valence-corrected chi connectivity index (χ2v) is 6.10. The van der Waals surface area contributed by atoms with E-state index in [0.29, 0.717) is 24.6 Å². The van der Waals surface area contributed by atoms with Crippen molar-refractivity contribution in [2.24, 2.45) is 11.8 Å². The largest absolute Gasteiger partial charge is 0.396 e. The third kappa shape index (κ3) is 3.43. The highest BCUT2D eigenvalue weighted by molar-refractivity contribution is 4.87. The molecule has 0 aromatic carbocycles. The van der Waals surface area contributed by atoms with E-state index in [9.17, 15) is 5.11 Å². The van der Waals surface area contributed by atoms with Gasteiger partial charge in [0.25, 0.3) is 0 Å². The molecule has 0 spiro atoms. The first-order valence-corrected chi connectivity index (χ1v) is 7.26. The molecule has 2 N–H and O–H groups in total. The average Bonchev–Trinajstić information content (AvgIpc) is 2.76. The summed E-state index contributed by atoms with van der Waals surface area (Å²) < 4.78 is 0. The average molecular weight is 240 g/mol. The van der Waals surface area contributed by atoms with E-state index in [1.807, 2.05) is 0 Å². The van der Waals surface area contributed by atoms with Crippen molar-refractivity contribution in [1.29, 1.82) is 0 Å². The third-order valence-electron chi connectivity index (χ3n) is 4.74. The molecule has 1 aliphatic carbocycles. The van der Waals surface area contributed by atoms with E-state index >= 15 is 0 Å². The fourth-order valence-electron chi connectivity index (χ4n) is 3.56. The van der Waals surface area contributed by atoms with Crippen molar-refractivity contribution < 1.29 is 5.11 Å². The summed E-state index contributed by atoms with van der Waals surface area (Å²) in [5.41, 5.74) is 0. The highest BCUT2D eigenvalue weighted by Crippen LogP contribution is 2.27. The lowest BCUT2D eigenvalue weighted by atomic mass is 9.90. The predicted molar refractivity (Wildman–Crippen MR) is 71.0 cm³/mol. The van der Waals surface area contributed by atoms with Gasteiger partial charge in [0.05, 0.1) is 0 Å². The summed E-state index contributed by atoms with van der Waals surface area (Å²) >= 11 is 0. The molecule has 1 saturated heterocycles. The summed E-state index contributed by atoms with van der Waals surface area (Å²) in [6, 6.07) is 1.15. The second kappa shape index (κ2) is 6.17. The van der Waals surface area contributed by atoms with Crippen LogP contribution in [0.5, 0.6) is 0 Å². The summed E-state index contributed by atoms with van der Waals surface area (Å²) in [4.78, 5) is 2.45. The topological polar surface area (TPSA) is 35.5 Å². The summed E-state index contributed by atoms with van der Waals surface area (Å²) in [7, 11) is 2.23. The molecule has 4 unspecified atom stereocenters. The van der Waals surface area contributed by atoms with Crippen molar-refractivity contribution in [1.82, 2.24) is 10.2 Å². The number of hydrogen-bond donors (Lipinski definition) is 2. The Kier molecular flexibility index (Phi) is 4.83. The molecule has 0 aromatic heterocycles. The van der Waals surface area contributed by atoms with Crippen molar-refractivity contribution in [2.45, 2.75) is 51.1 Å². The van der Waals surface area contributed by atoms with E-state index in [4.69, 9.17) is 0 Å². The second-order valence-electron chi connectivity index (χ2n) is 6.10. The van der Waals surface area contributed by atoms with Crippen LogP contribution in [0.4, 0.5) is 0 Å². The lowest BCUT2D eigenvalue weighted by molar-refractivity contribution is 0.154. The molecule has 1 aliphatic heterocycles. The predicted octanol–water partition coefficient (Wildman–Crippen LogP) is 1.47. The summed E-state index contributed by atoms with van der Waals surface area (Å²) in [5.74, 6) is 1.28. The van der Waals surface area contributed by atoms with Gasteiger partial charge < -0.3 is 15.3 Å². The number of aliphatic hydroxyl groups is 1. The van der Waals surface area contributed by atoms with E-state index in [0.717, 1.165) is 5.92 Å². The Morgan fingerprint density at radius 2 is 2.12 bits per heavy atom. The van der Waals surface area contributed by atoms with Crippen LogP contribution in [0.25, 0.3) is 0 Å². The van der Waals surface area contributed by atoms with Gasteiger partial charge in [-0.25, -0.2) is 0 Å². The molecule has 0 amide bonds. The minimum Gasteiger partial charge on any atom is -0.396 e. The molecule has 2 aliphatic rings. The number of nitrogens with zero attached hydrogens (tertiary/aromatic N) is 1. The molecule has 2 fully saturated rings. The Labute approximate surface area is 106 Å². The maximum atomic E-state index is 9.35. The van der Waals surface area contributed by atoms with Crippen LogP contribution in [0, 0.1) is 11.8 Å². The quantitative estimate of drug-likeness (QED) is 0.781. The van der Waals surface area contributed by atoms with Gasteiger partial charge in [-0.2, -0.15) is 0 Å². The molecule has 3 nitrogen and oxygen atoms in total. The van der Waals surface area contributed by atoms with E-state index in [2.05, 4.69) is 24.2 Å². The van der Waals surface area contributed by atoms with Crippen molar-refractivity contribution >= 4 is 0 Å². The van der Waals surface area contributed by atoms with Crippen LogP contribution < -0.4 is 5.32 Å². The fourth-order valence-corrected chi connectivity index (χ4v) is 3.56. The molecule has 0 bridgehead atoms. The minimum atomic E-state index is 0.356. The smallest absolute Gasteiger partial charge is 0.0474 e. The van der Waals surface area contributed by atoms with Gasteiger partial charge in [-0.15, -0.1) is 0 Å². The number of rotatable bonds is 4. The van der Waals surface area contributed by atoms with Crippen molar-refractivity contribution in [3.8, 4) is 0 Å². The van der Waals surface area contributed by atoms with E-state index in [1.165, 1.54) is 45.2 Å². The Morgan fingerprint density at radius 3 is 2.82 bits per heavy atom. The molecule has 0 aromatic rings. The van der Waals surface area contributed by atoms with Crippen molar-refractivity contribution in [3.05, 3.63) is 0 Å².